The van der Waals surface area contributed by atoms with Gasteiger partial charge < -0.3 is 15.2 Å². The standard InChI is InChI=1S/C33H57NO4/c1-8-21(3)30(31(37)38-7)34-29(36)12-9-22(4)26-11-10-23-18-25-27(14-16-32(23,26)5)33(6)15-13-20(2)17-24(33)19-28(25)35/h20-28,30,35H,8-19H2,1-7H3,(H,34,36)/t20?,21?,22-,23?,24+,25?,26?,27?,28-,30?,32+,33+/m1/s1. The number of carbonyl (C=O) groups is 2. The zero-order valence-electron chi connectivity index (χ0n) is 25.4. The van der Waals surface area contributed by atoms with E-state index in [1.54, 1.807) is 0 Å². The first kappa shape index (κ1) is 29.9. The molecule has 4 saturated carbocycles. The van der Waals surface area contributed by atoms with Gasteiger partial charge in [-0.3, -0.25) is 4.79 Å². The van der Waals surface area contributed by atoms with Crippen LogP contribution in [0.3, 0.4) is 0 Å². The van der Waals surface area contributed by atoms with Gasteiger partial charge in [0.25, 0.3) is 0 Å². The van der Waals surface area contributed by atoms with Gasteiger partial charge in [0.2, 0.25) is 5.91 Å². The van der Waals surface area contributed by atoms with E-state index in [4.69, 9.17) is 4.74 Å². The zero-order chi connectivity index (χ0) is 27.8. The van der Waals surface area contributed by atoms with E-state index >= 15 is 0 Å². The van der Waals surface area contributed by atoms with Crippen molar-refractivity contribution >= 4 is 11.9 Å². The van der Waals surface area contributed by atoms with Gasteiger partial charge in [-0.1, -0.05) is 54.4 Å². The highest BCUT2D eigenvalue weighted by molar-refractivity contribution is 5.84. The second-order valence-electron chi connectivity index (χ2n) is 14.8. The number of nitrogens with one attached hydrogen (secondary N) is 1. The summed E-state index contributed by atoms with van der Waals surface area (Å²) in [6, 6.07) is -0.564. The Kier molecular flexibility index (Phi) is 9.27. The number of methoxy groups -OCH3 is 1. The van der Waals surface area contributed by atoms with Crippen molar-refractivity contribution in [1.29, 1.82) is 0 Å². The van der Waals surface area contributed by atoms with E-state index in [-0.39, 0.29) is 23.9 Å². The molecule has 4 aliphatic carbocycles. The number of hydrogen-bond donors (Lipinski definition) is 2. The van der Waals surface area contributed by atoms with Crippen LogP contribution in [0.25, 0.3) is 0 Å². The van der Waals surface area contributed by atoms with Gasteiger partial charge in [0, 0.05) is 6.42 Å². The molecule has 5 heteroatoms. The van der Waals surface area contributed by atoms with E-state index in [9.17, 15) is 14.7 Å². The largest absolute Gasteiger partial charge is 0.467 e. The molecule has 7 unspecified atom stereocenters. The van der Waals surface area contributed by atoms with Crippen LogP contribution in [-0.2, 0) is 14.3 Å². The molecule has 0 radical (unpaired) electrons. The minimum absolute atomic E-state index is 0.0345. The molecule has 218 valence electrons. The lowest BCUT2D eigenvalue weighted by molar-refractivity contribution is -0.146. The first-order valence-electron chi connectivity index (χ1n) is 16.0. The monoisotopic (exact) mass is 531 g/mol. The summed E-state index contributed by atoms with van der Waals surface area (Å²) in [4.78, 5) is 25.1. The quantitative estimate of drug-likeness (QED) is 0.339. The molecule has 1 amide bonds. The third kappa shape index (κ3) is 5.56. The van der Waals surface area contributed by atoms with E-state index in [1.807, 2.05) is 13.8 Å². The molecule has 0 aromatic carbocycles. The number of amides is 1. The number of aliphatic hydroxyl groups is 1. The van der Waals surface area contributed by atoms with Crippen LogP contribution in [0.15, 0.2) is 0 Å². The van der Waals surface area contributed by atoms with E-state index in [2.05, 4.69) is 33.0 Å². The number of fused-ring (bicyclic) bond motifs is 4. The molecule has 4 aliphatic rings. The van der Waals surface area contributed by atoms with Crippen LogP contribution in [-0.4, -0.2) is 36.2 Å². The van der Waals surface area contributed by atoms with E-state index in [0.29, 0.717) is 52.8 Å². The van der Waals surface area contributed by atoms with Crippen LogP contribution in [0.2, 0.25) is 0 Å². The lowest BCUT2D eigenvalue weighted by Gasteiger charge is -2.56. The molecule has 5 nitrogen and oxygen atoms in total. The molecule has 4 fully saturated rings. The molecule has 0 spiro atoms. The average molecular weight is 532 g/mol. The average Bonchev–Trinajstić information content (AvgIpc) is 3.12. The van der Waals surface area contributed by atoms with Gasteiger partial charge in [-0.25, -0.2) is 4.79 Å². The Labute approximate surface area is 232 Å². The predicted molar refractivity (Wildman–Crippen MR) is 152 cm³/mol. The van der Waals surface area contributed by atoms with Crippen molar-refractivity contribution in [3.63, 3.8) is 0 Å². The first-order chi connectivity index (χ1) is 17.9. The van der Waals surface area contributed by atoms with Crippen molar-refractivity contribution in [2.75, 3.05) is 7.11 Å². The normalized spacial score (nSPS) is 43.0. The highest BCUT2D eigenvalue weighted by atomic mass is 16.5. The van der Waals surface area contributed by atoms with Crippen molar-refractivity contribution in [3.8, 4) is 0 Å². The predicted octanol–water partition coefficient (Wildman–Crippen LogP) is 6.76. The lowest BCUT2D eigenvalue weighted by atomic mass is 9.49. The minimum atomic E-state index is -0.564. The molecule has 0 saturated heterocycles. The molecule has 0 heterocycles. The summed E-state index contributed by atoms with van der Waals surface area (Å²) in [5.74, 6) is 4.06. The van der Waals surface area contributed by atoms with Gasteiger partial charge in [0.1, 0.15) is 6.04 Å². The van der Waals surface area contributed by atoms with E-state index in [1.165, 1.54) is 58.5 Å². The summed E-state index contributed by atoms with van der Waals surface area (Å²) in [5, 5.41) is 14.4. The summed E-state index contributed by atoms with van der Waals surface area (Å²) < 4.78 is 4.95. The molecule has 0 bridgehead atoms. The topological polar surface area (TPSA) is 75.6 Å². The smallest absolute Gasteiger partial charge is 0.328 e. The maximum Gasteiger partial charge on any atom is 0.328 e. The Bertz CT molecular complexity index is 845. The van der Waals surface area contributed by atoms with Crippen molar-refractivity contribution in [3.05, 3.63) is 0 Å². The molecule has 0 aromatic heterocycles. The number of hydrogen-bond acceptors (Lipinski definition) is 4. The SMILES string of the molecule is CCC(C)C(NC(=O)CC[C@@H](C)C1CCC2CC3C(CC[C@@]21C)[C@@]1(C)CCC(C)C[C@H]1C[C@H]3O)C(=O)OC. The van der Waals surface area contributed by atoms with Crippen LogP contribution in [0.4, 0.5) is 0 Å². The molecule has 4 rings (SSSR count). The summed E-state index contributed by atoms with van der Waals surface area (Å²) in [6.45, 7) is 13.9. The summed E-state index contributed by atoms with van der Waals surface area (Å²) in [5.41, 5.74) is 0.697. The fourth-order valence-corrected chi connectivity index (χ4v) is 10.0. The van der Waals surface area contributed by atoms with Crippen molar-refractivity contribution in [2.24, 2.45) is 58.2 Å². The Morgan fingerprint density at radius 2 is 1.71 bits per heavy atom. The second kappa shape index (κ2) is 11.8. The number of ether oxygens (including phenoxy) is 1. The van der Waals surface area contributed by atoms with Crippen LogP contribution in [0, 0.1) is 58.2 Å². The fourth-order valence-electron chi connectivity index (χ4n) is 10.0. The van der Waals surface area contributed by atoms with E-state index < -0.39 is 6.04 Å². The lowest BCUT2D eigenvalue weighted by Crippen LogP contribution is -2.51. The number of esters is 1. The fraction of sp³-hybridized carbons (Fsp3) is 0.939. The van der Waals surface area contributed by atoms with Gasteiger partial charge in [-0.2, -0.15) is 0 Å². The Balaban J connectivity index is 1.40. The van der Waals surface area contributed by atoms with Gasteiger partial charge in [0.05, 0.1) is 13.2 Å². The minimum Gasteiger partial charge on any atom is -0.467 e. The van der Waals surface area contributed by atoms with Crippen molar-refractivity contribution in [1.82, 2.24) is 5.32 Å². The Morgan fingerprint density at radius 3 is 2.39 bits per heavy atom. The highest BCUT2D eigenvalue weighted by Crippen LogP contribution is 2.65. The van der Waals surface area contributed by atoms with Crippen LogP contribution >= 0.6 is 0 Å². The molecule has 12 atom stereocenters. The molecule has 0 aromatic rings. The van der Waals surface area contributed by atoms with E-state index in [0.717, 1.165) is 25.2 Å². The number of rotatable bonds is 8. The molecular formula is C33H57NO4. The summed E-state index contributed by atoms with van der Waals surface area (Å²) in [6.07, 6.45) is 13.2. The van der Waals surface area contributed by atoms with Crippen molar-refractivity contribution < 1.29 is 19.4 Å². The molecular weight excluding hydrogens is 474 g/mol. The summed E-state index contributed by atoms with van der Waals surface area (Å²) >= 11 is 0. The van der Waals surface area contributed by atoms with Crippen LogP contribution in [0.5, 0.6) is 0 Å². The van der Waals surface area contributed by atoms with Crippen LogP contribution < -0.4 is 5.32 Å². The Hall–Kier alpha value is -1.10. The summed E-state index contributed by atoms with van der Waals surface area (Å²) in [7, 11) is 1.39. The highest BCUT2D eigenvalue weighted by Gasteiger charge is 2.58. The maximum absolute atomic E-state index is 12.9. The van der Waals surface area contributed by atoms with Crippen molar-refractivity contribution in [2.45, 2.75) is 131 Å². The van der Waals surface area contributed by atoms with Gasteiger partial charge in [-0.05, 0) is 116 Å². The molecule has 0 aliphatic heterocycles. The molecule has 2 N–H and O–H groups in total. The van der Waals surface area contributed by atoms with Crippen LogP contribution in [0.1, 0.15) is 119 Å². The third-order valence-corrected chi connectivity index (χ3v) is 12.8. The third-order valence-electron chi connectivity index (χ3n) is 12.8. The number of carbonyl (C=O) groups excluding carboxylic acids is 2. The Morgan fingerprint density at radius 1 is 1.00 bits per heavy atom. The van der Waals surface area contributed by atoms with Gasteiger partial charge >= 0.3 is 5.97 Å². The first-order valence-corrected chi connectivity index (χ1v) is 16.0. The van der Waals surface area contributed by atoms with Gasteiger partial charge in [-0.15, -0.1) is 0 Å². The maximum atomic E-state index is 12.9. The molecule has 38 heavy (non-hydrogen) atoms. The number of aliphatic hydroxyl groups excluding tert-OH is 1. The zero-order valence-corrected chi connectivity index (χ0v) is 25.4. The second-order valence-corrected chi connectivity index (χ2v) is 14.8. The van der Waals surface area contributed by atoms with Gasteiger partial charge in [0.15, 0.2) is 0 Å².